The van der Waals surface area contributed by atoms with Gasteiger partial charge < -0.3 is 5.32 Å². The molecule has 0 amide bonds. The fourth-order valence-corrected chi connectivity index (χ4v) is 2.43. The molecule has 90 valence electrons. The molecule has 0 saturated carbocycles. The summed E-state index contributed by atoms with van der Waals surface area (Å²) in [5.41, 5.74) is 2.47. The minimum absolute atomic E-state index is 0.571. The van der Waals surface area contributed by atoms with E-state index in [1.165, 1.54) is 16.9 Å². The van der Waals surface area contributed by atoms with Gasteiger partial charge in [-0.15, -0.1) is 11.3 Å². The van der Waals surface area contributed by atoms with Crippen LogP contribution in [0, 0.1) is 0 Å². The van der Waals surface area contributed by atoms with Crippen LogP contribution in [0.15, 0.2) is 30.5 Å². The van der Waals surface area contributed by atoms with E-state index in [1.807, 2.05) is 0 Å². The molecule has 0 aliphatic carbocycles. The van der Waals surface area contributed by atoms with Crippen molar-refractivity contribution in [2.24, 2.45) is 0 Å². The molecule has 0 bridgehead atoms. The van der Waals surface area contributed by atoms with Crippen LogP contribution in [0.25, 0.3) is 0 Å². The topological polar surface area (TPSA) is 24.9 Å². The highest BCUT2D eigenvalue weighted by molar-refractivity contribution is 7.15. The smallest absolute Gasteiger partial charge is 0.113 e. The Labute approximate surface area is 111 Å². The van der Waals surface area contributed by atoms with Crippen LogP contribution < -0.4 is 5.32 Å². The van der Waals surface area contributed by atoms with Crippen LogP contribution in [0.3, 0.4) is 0 Å². The lowest BCUT2D eigenvalue weighted by Gasteiger charge is -2.08. The van der Waals surface area contributed by atoms with Crippen molar-refractivity contribution in [1.29, 1.82) is 0 Å². The summed E-state index contributed by atoms with van der Waals surface area (Å²) in [6, 6.07) is 8.51. The first kappa shape index (κ1) is 12.4. The second kappa shape index (κ2) is 5.52. The van der Waals surface area contributed by atoms with Crippen molar-refractivity contribution in [3.8, 4) is 0 Å². The molecular formula is C13H15ClN2S. The number of anilines is 1. The summed E-state index contributed by atoms with van der Waals surface area (Å²) in [5.74, 6) is 0.571. The van der Waals surface area contributed by atoms with Gasteiger partial charge in [0.2, 0.25) is 0 Å². The van der Waals surface area contributed by atoms with E-state index in [9.17, 15) is 0 Å². The summed E-state index contributed by atoms with van der Waals surface area (Å²) in [4.78, 5) is 4.20. The van der Waals surface area contributed by atoms with Gasteiger partial charge in [-0.1, -0.05) is 37.6 Å². The summed E-state index contributed by atoms with van der Waals surface area (Å²) >= 11 is 7.33. The molecule has 2 rings (SSSR count). The second-order valence-electron chi connectivity index (χ2n) is 4.19. The Morgan fingerprint density at radius 3 is 2.53 bits per heavy atom. The monoisotopic (exact) mass is 266 g/mol. The van der Waals surface area contributed by atoms with Gasteiger partial charge in [0.25, 0.3) is 0 Å². The maximum absolute atomic E-state index is 5.83. The van der Waals surface area contributed by atoms with Crippen LogP contribution in [-0.2, 0) is 6.54 Å². The maximum Gasteiger partial charge on any atom is 0.113 e. The molecule has 1 aromatic heterocycles. The van der Waals surface area contributed by atoms with Crippen molar-refractivity contribution < 1.29 is 0 Å². The van der Waals surface area contributed by atoms with E-state index in [2.05, 4.69) is 48.4 Å². The Balaban J connectivity index is 1.95. The lowest BCUT2D eigenvalue weighted by Crippen LogP contribution is -1.98. The van der Waals surface area contributed by atoms with Crippen LogP contribution in [0.5, 0.6) is 0 Å². The van der Waals surface area contributed by atoms with E-state index in [4.69, 9.17) is 11.6 Å². The van der Waals surface area contributed by atoms with Crippen LogP contribution in [-0.4, -0.2) is 4.98 Å². The third-order valence-electron chi connectivity index (χ3n) is 2.55. The highest BCUT2D eigenvalue weighted by Crippen LogP contribution is 2.20. The SMILES string of the molecule is CC(C)c1ccc(NCc2ncc(Cl)s2)cc1. The number of nitrogens with one attached hydrogen (secondary N) is 1. The summed E-state index contributed by atoms with van der Waals surface area (Å²) in [6.07, 6.45) is 1.69. The highest BCUT2D eigenvalue weighted by Gasteiger charge is 2.01. The standard InChI is InChI=1S/C13H15ClN2S/c1-9(2)10-3-5-11(6-4-10)15-8-13-16-7-12(14)17-13/h3-7,9,15H,8H2,1-2H3. The second-order valence-corrected chi connectivity index (χ2v) is 5.93. The van der Waals surface area contributed by atoms with Gasteiger partial charge in [-0.3, -0.25) is 0 Å². The zero-order chi connectivity index (χ0) is 12.3. The maximum atomic E-state index is 5.83. The number of aromatic nitrogens is 1. The molecule has 1 aromatic carbocycles. The van der Waals surface area contributed by atoms with Gasteiger partial charge in [-0.2, -0.15) is 0 Å². The van der Waals surface area contributed by atoms with Gasteiger partial charge in [0.15, 0.2) is 0 Å². The van der Waals surface area contributed by atoms with E-state index < -0.39 is 0 Å². The van der Waals surface area contributed by atoms with Crippen molar-refractivity contribution in [2.45, 2.75) is 26.3 Å². The Morgan fingerprint density at radius 2 is 2.00 bits per heavy atom. The van der Waals surface area contributed by atoms with Crippen LogP contribution in [0.2, 0.25) is 4.34 Å². The molecule has 1 N–H and O–H groups in total. The van der Waals surface area contributed by atoms with E-state index in [0.29, 0.717) is 5.92 Å². The molecule has 1 heterocycles. The minimum Gasteiger partial charge on any atom is -0.379 e. The van der Waals surface area contributed by atoms with Gasteiger partial charge in [0.1, 0.15) is 9.34 Å². The molecule has 4 heteroatoms. The molecule has 0 atom stereocenters. The van der Waals surface area contributed by atoms with Gasteiger partial charge in [-0.25, -0.2) is 4.98 Å². The van der Waals surface area contributed by atoms with Crippen LogP contribution in [0.4, 0.5) is 5.69 Å². The average Bonchev–Trinajstić information content (AvgIpc) is 2.73. The van der Waals surface area contributed by atoms with E-state index in [0.717, 1.165) is 21.6 Å². The number of hydrogen-bond acceptors (Lipinski definition) is 3. The fourth-order valence-electron chi connectivity index (χ4n) is 1.53. The molecule has 2 nitrogen and oxygen atoms in total. The third-order valence-corrected chi connectivity index (χ3v) is 3.66. The zero-order valence-corrected chi connectivity index (χ0v) is 11.5. The predicted octanol–water partition coefficient (Wildman–Crippen LogP) is 4.53. The number of halogens is 1. The molecule has 0 fully saturated rings. The highest BCUT2D eigenvalue weighted by atomic mass is 35.5. The molecule has 17 heavy (non-hydrogen) atoms. The molecular weight excluding hydrogens is 252 g/mol. The zero-order valence-electron chi connectivity index (χ0n) is 9.90. The molecule has 0 saturated heterocycles. The largest absolute Gasteiger partial charge is 0.379 e. The van der Waals surface area contributed by atoms with Crippen LogP contribution >= 0.6 is 22.9 Å². The summed E-state index contributed by atoms with van der Waals surface area (Å²) < 4.78 is 0.733. The van der Waals surface area contributed by atoms with Gasteiger partial charge in [-0.05, 0) is 23.6 Å². The first-order valence-corrected chi connectivity index (χ1v) is 6.78. The summed E-state index contributed by atoms with van der Waals surface area (Å²) in [5, 5.41) is 4.33. The van der Waals surface area contributed by atoms with Crippen molar-refractivity contribution in [2.75, 3.05) is 5.32 Å². The van der Waals surface area contributed by atoms with E-state index in [1.54, 1.807) is 6.20 Å². The first-order valence-electron chi connectivity index (χ1n) is 5.59. The molecule has 0 radical (unpaired) electrons. The molecule has 0 aliphatic heterocycles. The minimum atomic E-state index is 0.571. The van der Waals surface area contributed by atoms with Crippen molar-refractivity contribution in [3.05, 3.63) is 45.4 Å². The fraction of sp³-hybridized carbons (Fsp3) is 0.308. The Kier molecular flexibility index (Phi) is 4.02. The Morgan fingerprint density at radius 1 is 1.29 bits per heavy atom. The quantitative estimate of drug-likeness (QED) is 0.879. The molecule has 0 spiro atoms. The van der Waals surface area contributed by atoms with Crippen molar-refractivity contribution in [3.63, 3.8) is 0 Å². The number of rotatable bonds is 4. The Bertz CT molecular complexity index is 476. The van der Waals surface area contributed by atoms with E-state index >= 15 is 0 Å². The third kappa shape index (κ3) is 3.45. The first-order chi connectivity index (χ1) is 8.15. The molecule has 0 aliphatic rings. The molecule has 2 aromatic rings. The number of thiazole rings is 1. The summed E-state index contributed by atoms with van der Waals surface area (Å²) in [7, 11) is 0. The lowest BCUT2D eigenvalue weighted by atomic mass is 10.0. The van der Waals surface area contributed by atoms with Gasteiger partial charge in [0, 0.05) is 5.69 Å². The van der Waals surface area contributed by atoms with Gasteiger partial charge in [0.05, 0.1) is 12.7 Å². The normalized spacial score (nSPS) is 10.8. The van der Waals surface area contributed by atoms with Gasteiger partial charge >= 0.3 is 0 Å². The number of hydrogen-bond donors (Lipinski definition) is 1. The molecule has 0 unspecified atom stereocenters. The average molecular weight is 267 g/mol. The van der Waals surface area contributed by atoms with E-state index in [-0.39, 0.29) is 0 Å². The lowest BCUT2D eigenvalue weighted by molar-refractivity contribution is 0.866. The Hall–Kier alpha value is -1.06. The predicted molar refractivity (Wildman–Crippen MR) is 75.0 cm³/mol. The van der Waals surface area contributed by atoms with Crippen molar-refractivity contribution in [1.82, 2.24) is 4.98 Å². The summed E-state index contributed by atoms with van der Waals surface area (Å²) in [6.45, 7) is 5.11. The van der Waals surface area contributed by atoms with Crippen molar-refractivity contribution >= 4 is 28.6 Å². The number of benzene rings is 1. The number of nitrogens with zero attached hydrogens (tertiary/aromatic N) is 1. The van der Waals surface area contributed by atoms with Crippen LogP contribution in [0.1, 0.15) is 30.3 Å².